The monoisotopic (exact) mass is 325 g/mol. The Morgan fingerprint density at radius 2 is 1.75 bits per heavy atom. The SMILES string of the molecule is O=C(O)Cc1ccc(O[C@H](C(=O)NC2CC2)c2ccccc2)cc1. The van der Waals surface area contributed by atoms with E-state index in [2.05, 4.69) is 5.32 Å². The zero-order valence-corrected chi connectivity index (χ0v) is 13.1. The number of ether oxygens (including phenoxy) is 1. The lowest BCUT2D eigenvalue weighted by Gasteiger charge is -2.19. The number of aliphatic carboxylic acids is 1. The van der Waals surface area contributed by atoms with E-state index >= 15 is 0 Å². The Morgan fingerprint density at radius 1 is 1.08 bits per heavy atom. The van der Waals surface area contributed by atoms with Gasteiger partial charge in [0.05, 0.1) is 6.42 Å². The number of carbonyl (C=O) groups excluding carboxylic acids is 1. The van der Waals surface area contributed by atoms with Crippen LogP contribution in [0.5, 0.6) is 5.75 Å². The van der Waals surface area contributed by atoms with Gasteiger partial charge in [-0.3, -0.25) is 9.59 Å². The zero-order chi connectivity index (χ0) is 16.9. The van der Waals surface area contributed by atoms with Gasteiger partial charge in [-0.1, -0.05) is 42.5 Å². The number of hydrogen-bond donors (Lipinski definition) is 2. The average Bonchev–Trinajstić information content (AvgIpc) is 3.38. The molecule has 2 aromatic carbocycles. The Labute approximate surface area is 140 Å². The Hall–Kier alpha value is -2.82. The van der Waals surface area contributed by atoms with Gasteiger partial charge in [0.25, 0.3) is 5.91 Å². The highest BCUT2D eigenvalue weighted by molar-refractivity contribution is 5.83. The van der Waals surface area contributed by atoms with Crippen LogP contribution in [0.3, 0.4) is 0 Å². The fraction of sp³-hybridized carbons (Fsp3) is 0.263. The van der Waals surface area contributed by atoms with Crippen molar-refractivity contribution < 1.29 is 19.4 Å². The molecule has 3 rings (SSSR count). The van der Waals surface area contributed by atoms with Crippen molar-refractivity contribution in [2.24, 2.45) is 0 Å². The van der Waals surface area contributed by atoms with Gasteiger partial charge < -0.3 is 15.2 Å². The zero-order valence-electron chi connectivity index (χ0n) is 13.1. The predicted molar refractivity (Wildman–Crippen MR) is 88.8 cm³/mol. The molecular formula is C19H19NO4. The summed E-state index contributed by atoms with van der Waals surface area (Å²) in [6, 6.07) is 16.4. The van der Waals surface area contributed by atoms with Crippen molar-refractivity contribution in [2.75, 3.05) is 0 Å². The highest BCUT2D eigenvalue weighted by Gasteiger charge is 2.29. The third kappa shape index (κ3) is 4.35. The molecule has 1 aliphatic carbocycles. The third-order valence-electron chi connectivity index (χ3n) is 3.80. The summed E-state index contributed by atoms with van der Waals surface area (Å²) < 4.78 is 5.89. The number of carboxylic acid groups (broad SMARTS) is 1. The van der Waals surface area contributed by atoms with Crippen molar-refractivity contribution in [3.8, 4) is 5.75 Å². The highest BCUT2D eigenvalue weighted by Crippen LogP contribution is 2.25. The number of hydrogen-bond acceptors (Lipinski definition) is 3. The standard InChI is InChI=1S/C19H19NO4/c21-17(22)12-13-6-10-16(11-7-13)24-18(14-4-2-1-3-5-14)19(23)20-15-8-9-15/h1-7,10-11,15,18H,8-9,12H2,(H,20,23)(H,21,22)/t18-/m0/s1. The molecule has 0 bridgehead atoms. The maximum absolute atomic E-state index is 12.5. The third-order valence-corrected chi connectivity index (χ3v) is 3.80. The molecule has 1 atom stereocenters. The van der Waals surface area contributed by atoms with Gasteiger partial charge in [0, 0.05) is 11.6 Å². The van der Waals surface area contributed by atoms with Crippen molar-refractivity contribution in [2.45, 2.75) is 31.4 Å². The van der Waals surface area contributed by atoms with Gasteiger partial charge in [0.15, 0.2) is 0 Å². The van der Waals surface area contributed by atoms with Gasteiger partial charge in [0.2, 0.25) is 6.10 Å². The van der Waals surface area contributed by atoms with Crippen molar-refractivity contribution in [3.63, 3.8) is 0 Å². The summed E-state index contributed by atoms with van der Waals surface area (Å²) in [4.78, 5) is 23.2. The van der Waals surface area contributed by atoms with E-state index in [1.807, 2.05) is 30.3 Å². The van der Waals surface area contributed by atoms with Gasteiger partial charge in [0.1, 0.15) is 5.75 Å². The maximum atomic E-state index is 12.5. The van der Waals surface area contributed by atoms with E-state index in [1.54, 1.807) is 24.3 Å². The lowest BCUT2D eigenvalue weighted by Crippen LogP contribution is -2.33. The summed E-state index contributed by atoms with van der Waals surface area (Å²) in [5, 5.41) is 11.8. The van der Waals surface area contributed by atoms with Crippen molar-refractivity contribution in [3.05, 3.63) is 65.7 Å². The Bertz CT molecular complexity index is 708. The first-order valence-corrected chi connectivity index (χ1v) is 7.94. The van der Waals surface area contributed by atoms with Gasteiger partial charge in [-0.15, -0.1) is 0 Å². The first kappa shape index (κ1) is 16.1. The van der Waals surface area contributed by atoms with E-state index in [1.165, 1.54) is 0 Å². The molecule has 0 unspecified atom stereocenters. The Kier molecular flexibility index (Phi) is 4.79. The molecule has 1 saturated carbocycles. The number of amides is 1. The molecule has 2 aromatic rings. The van der Waals surface area contributed by atoms with E-state index in [4.69, 9.17) is 9.84 Å². The summed E-state index contributed by atoms with van der Waals surface area (Å²) >= 11 is 0. The second-order valence-electron chi connectivity index (χ2n) is 5.91. The molecule has 124 valence electrons. The summed E-state index contributed by atoms with van der Waals surface area (Å²) in [5.41, 5.74) is 1.47. The number of rotatable bonds is 7. The largest absolute Gasteiger partial charge is 0.481 e. The first-order valence-electron chi connectivity index (χ1n) is 7.94. The second-order valence-corrected chi connectivity index (χ2v) is 5.91. The normalized spacial score (nSPS) is 14.7. The molecule has 0 aromatic heterocycles. The van der Waals surface area contributed by atoms with E-state index in [9.17, 15) is 9.59 Å². The maximum Gasteiger partial charge on any atom is 0.307 e. The topological polar surface area (TPSA) is 75.6 Å². The average molecular weight is 325 g/mol. The summed E-state index contributed by atoms with van der Waals surface area (Å²) in [5.74, 6) is -0.503. The molecule has 0 aliphatic heterocycles. The van der Waals surface area contributed by atoms with Crippen LogP contribution in [-0.2, 0) is 16.0 Å². The van der Waals surface area contributed by atoms with Crippen LogP contribution < -0.4 is 10.1 Å². The minimum absolute atomic E-state index is 0.0371. The molecule has 24 heavy (non-hydrogen) atoms. The van der Waals surface area contributed by atoms with Gasteiger partial charge >= 0.3 is 5.97 Å². The lowest BCUT2D eigenvalue weighted by molar-refractivity contribution is -0.136. The van der Waals surface area contributed by atoms with E-state index in [-0.39, 0.29) is 18.4 Å². The molecule has 5 nitrogen and oxygen atoms in total. The predicted octanol–water partition coefficient (Wildman–Crippen LogP) is 2.71. The highest BCUT2D eigenvalue weighted by atomic mass is 16.5. The molecule has 1 aliphatic rings. The molecule has 1 fully saturated rings. The summed E-state index contributed by atoms with van der Waals surface area (Å²) in [7, 11) is 0. The second kappa shape index (κ2) is 7.17. The number of nitrogens with one attached hydrogen (secondary N) is 1. The van der Waals surface area contributed by atoms with E-state index in [0.29, 0.717) is 11.3 Å². The van der Waals surface area contributed by atoms with E-state index < -0.39 is 12.1 Å². The smallest absolute Gasteiger partial charge is 0.307 e. The number of benzene rings is 2. The molecule has 0 radical (unpaired) electrons. The minimum Gasteiger partial charge on any atom is -0.481 e. The van der Waals surface area contributed by atoms with Crippen LogP contribution >= 0.6 is 0 Å². The van der Waals surface area contributed by atoms with Crippen LogP contribution in [0.15, 0.2) is 54.6 Å². The Balaban J connectivity index is 1.75. The molecular weight excluding hydrogens is 306 g/mol. The first-order chi connectivity index (χ1) is 11.6. The lowest BCUT2D eigenvalue weighted by atomic mass is 10.1. The van der Waals surface area contributed by atoms with Gasteiger partial charge in [-0.2, -0.15) is 0 Å². The van der Waals surface area contributed by atoms with Crippen molar-refractivity contribution >= 4 is 11.9 Å². The van der Waals surface area contributed by atoms with Crippen LogP contribution in [0.25, 0.3) is 0 Å². The van der Waals surface area contributed by atoms with Crippen LogP contribution in [-0.4, -0.2) is 23.0 Å². The number of carbonyl (C=O) groups is 2. The molecule has 2 N–H and O–H groups in total. The van der Waals surface area contributed by atoms with Gasteiger partial charge in [-0.05, 0) is 30.5 Å². The fourth-order valence-electron chi connectivity index (χ4n) is 2.40. The number of carboxylic acids is 1. The molecule has 0 saturated heterocycles. The van der Waals surface area contributed by atoms with E-state index in [0.717, 1.165) is 18.4 Å². The molecule has 5 heteroatoms. The minimum atomic E-state index is -0.880. The summed E-state index contributed by atoms with van der Waals surface area (Å²) in [6.07, 6.45) is 1.26. The fourth-order valence-corrected chi connectivity index (χ4v) is 2.40. The Morgan fingerprint density at radius 3 is 2.33 bits per heavy atom. The quantitative estimate of drug-likeness (QED) is 0.821. The van der Waals surface area contributed by atoms with Crippen molar-refractivity contribution in [1.29, 1.82) is 0 Å². The summed E-state index contributed by atoms with van der Waals surface area (Å²) in [6.45, 7) is 0. The van der Waals surface area contributed by atoms with Crippen molar-refractivity contribution in [1.82, 2.24) is 5.32 Å². The van der Waals surface area contributed by atoms with Crippen LogP contribution in [0.2, 0.25) is 0 Å². The molecule has 0 heterocycles. The molecule has 0 spiro atoms. The van der Waals surface area contributed by atoms with Crippen LogP contribution in [0.1, 0.15) is 30.1 Å². The van der Waals surface area contributed by atoms with Crippen LogP contribution in [0, 0.1) is 0 Å². The van der Waals surface area contributed by atoms with Gasteiger partial charge in [-0.25, -0.2) is 0 Å². The molecule has 1 amide bonds. The van der Waals surface area contributed by atoms with Crippen LogP contribution in [0.4, 0.5) is 0 Å².